The summed E-state index contributed by atoms with van der Waals surface area (Å²) in [4.78, 5) is 45.6. The van der Waals surface area contributed by atoms with Gasteiger partial charge in [0.25, 0.3) is 0 Å². The van der Waals surface area contributed by atoms with E-state index in [1.165, 1.54) is 11.1 Å². The number of aliphatic hydroxyl groups excluding tert-OH is 2. The monoisotopic (exact) mass is 604 g/mol. The molecule has 43 heavy (non-hydrogen) atoms. The highest BCUT2D eigenvalue weighted by atomic mass is 16.4. The first-order chi connectivity index (χ1) is 19.7. The lowest BCUT2D eigenvalue weighted by atomic mass is 9.96. The minimum Gasteiger partial charge on any atom is -0.480 e. The van der Waals surface area contributed by atoms with Crippen LogP contribution in [0.1, 0.15) is 75.6 Å². The second kappa shape index (κ2) is 19.4. The molecule has 2 unspecified atom stereocenters. The molecule has 8 N–H and O–H groups in total. The first-order valence-electron chi connectivity index (χ1n) is 14.2. The zero-order chi connectivity index (χ0) is 32.0. The largest absolute Gasteiger partial charge is 0.480 e. The molecule has 0 bridgehead atoms. The molecule has 11 heteroatoms. The van der Waals surface area contributed by atoms with Gasteiger partial charge in [-0.1, -0.05) is 76.2 Å². The fourth-order valence-electron chi connectivity index (χ4n) is 4.09. The Morgan fingerprint density at radius 3 is 1.07 bits per heavy atom. The average Bonchev–Trinajstić information content (AvgIpc) is 2.93. The van der Waals surface area contributed by atoms with Crippen molar-refractivity contribution in [2.45, 2.75) is 78.3 Å². The summed E-state index contributed by atoms with van der Waals surface area (Å²) < 4.78 is 0. The van der Waals surface area contributed by atoms with E-state index in [2.05, 4.69) is 38.3 Å². The zero-order valence-electron chi connectivity index (χ0n) is 25.8. The van der Waals surface area contributed by atoms with Gasteiger partial charge in [0, 0.05) is 0 Å². The van der Waals surface area contributed by atoms with E-state index in [1.807, 2.05) is 48.5 Å². The topological polar surface area (TPSA) is 205 Å². The molecular weight excluding hydrogens is 556 g/mol. The smallest absolute Gasteiger partial charge is 0.328 e. The van der Waals surface area contributed by atoms with Crippen molar-refractivity contribution in [1.29, 1.82) is 0 Å². The number of carboxylic acid groups (broad SMARTS) is 2. The fourth-order valence-corrected chi connectivity index (χ4v) is 4.09. The number of rotatable bonds is 14. The Balaban J connectivity index is 0.000000802. The maximum atomic E-state index is 12.0. The van der Waals surface area contributed by atoms with Crippen molar-refractivity contribution in [3.63, 3.8) is 0 Å². The van der Waals surface area contributed by atoms with Crippen LogP contribution in [-0.2, 0) is 32.0 Å². The van der Waals surface area contributed by atoms with Crippen LogP contribution in [0.4, 0.5) is 0 Å². The molecule has 0 aliphatic rings. The molecule has 0 spiro atoms. The third-order valence-electron chi connectivity index (χ3n) is 6.63. The third kappa shape index (κ3) is 13.8. The predicted octanol–water partition coefficient (Wildman–Crippen LogP) is 2.28. The number of hydrogen-bond donors (Lipinski definition) is 6. The van der Waals surface area contributed by atoms with Crippen LogP contribution >= 0.6 is 0 Å². The number of nitrogens with one attached hydrogen (secondary N) is 2. The van der Waals surface area contributed by atoms with E-state index >= 15 is 0 Å². The van der Waals surface area contributed by atoms with E-state index in [1.54, 1.807) is 13.8 Å². The highest BCUT2D eigenvalue weighted by Crippen LogP contribution is 2.19. The molecule has 240 valence electrons. The van der Waals surface area contributed by atoms with E-state index in [0.29, 0.717) is 11.8 Å². The summed E-state index contributed by atoms with van der Waals surface area (Å²) in [5.41, 5.74) is 4.06. The van der Waals surface area contributed by atoms with Gasteiger partial charge in [-0.2, -0.15) is 0 Å². The number of aliphatic hydroxyl groups is 2. The lowest BCUT2D eigenvalue weighted by Crippen LogP contribution is -2.44. The maximum absolute atomic E-state index is 12.0. The van der Waals surface area contributed by atoms with Crippen molar-refractivity contribution in [2.24, 2.45) is 11.8 Å². The minimum absolute atomic E-state index is 0. The van der Waals surface area contributed by atoms with Gasteiger partial charge in [0.05, 0.1) is 25.0 Å². The summed E-state index contributed by atoms with van der Waals surface area (Å²) in [7, 11) is 0. The van der Waals surface area contributed by atoms with E-state index in [0.717, 1.165) is 24.0 Å². The van der Waals surface area contributed by atoms with Gasteiger partial charge in [0.15, 0.2) is 0 Å². The molecule has 0 radical (unpaired) electrons. The Bertz CT molecular complexity index is 1060. The SMILES string of the molecule is CC(C)Cc1ccc(C(C)C(=O)N[C@@H](CO)C(=O)O)cc1.CC(C)Cc1ccc(C(C)C(=O)N[C@@H](CO)C(=O)O)cc1.O. The Kier molecular flexibility index (Phi) is 17.7. The lowest BCUT2D eigenvalue weighted by Gasteiger charge is -2.17. The number of amides is 2. The van der Waals surface area contributed by atoms with Crippen molar-refractivity contribution in [3.8, 4) is 0 Å². The number of benzene rings is 2. The van der Waals surface area contributed by atoms with Crippen molar-refractivity contribution in [3.05, 3.63) is 70.8 Å². The van der Waals surface area contributed by atoms with Gasteiger partial charge in [-0.05, 0) is 60.8 Å². The first kappa shape index (κ1) is 39.2. The van der Waals surface area contributed by atoms with Crippen LogP contribution < -0.4 is 10.6 Å². The number of carboxylic acids is 2. The van der Waals surface area contributed by atoms with Crippen LogP contribution in [-0.4, -0.2) is 75.0 Å². The van der Waals surface area contributed by atoms with Crippen molar-refractivity contribution in [1.82, 2.24) is 10.6 Å². The standard InChI is InChI=1S/2C16H23NO4.H2O/c2*1-10(2)8-12-4-6-13(7-5-12)11(3)15(19)17-14(9-18)16(20)21;/h2*4-7,10-11,14,18H,8-9H2,1-3H3,(H,17,19)(H,20,21);1H2/t2*11?,14-;/m00./s1. The van der Waals surface area contributed by atoms with Crippen LogP contribution in [0, 0.1) is 11.8 Å². The molecule has 2 rings (SSSR count). The number of hydrogen-bond acceptors (Lipinski definition) is 6. The molecular formula is C32H48N2O9. The quantitative estimate of drug-likeness (QED) is 0.188. The molecule has 4 atom stereocenters. The molecule has 0 saturated carbocycles. The summed E-state index contributed by atoms with van der Waals surface area (Å²) >= 11 is 0. The number of aliphatic carboxylic acids is 2. The molecule has 0 aliphatic carbocycles. The molecule has 0 saturated heterocycles. The molecule has 2 aromatic carbocycles. The molecule has 11 nitrogen and oxygen atoms in total. The Morgan fingerprint density at radius 2 is 0.860 bits per heavy atom. The summed E-state index contributed by atoms with van der Waals surface area (Å²) in [6.07, 6.45) is 1.96. The van der Waals surface area contributed by atoms with Crippen LogP contribution in [0.25, 0.3) is 0 Å². The third-order valence-corrected chi connectivity index (χ3v) is 6.63. The van der Waals surface area contributed by atoms with E-state index in [9.17, 15) is 19.2 Å². The number of carbonyl (C=O) groups is 4. The molecule has 2 amide bonds. The van der Waals surface area contributed by atoms with E-state index in [4.69, 9.17) is 20.4 Å². The van der Waals surface area contributed by atoms with Gasteiger partial charge >= 0.3 is 11.9 Å². The lowest BCUT2D eigenvalue weighted by molar-refractivity contribution is -0.143. The molecule has 0 aromatic heterocycles. The van der Waals surface area contributed by atoms with Gasteiger partial charge in [-0.15, -0.1) is 0 Å². The predicted molar refractivity (Wildman–Crippen MR) is 164 cm³/mol. The van der Waals surface area contributed by atoms with Crippen molar-refractivity contribution in [2.75, 3.05) is 13.2 Å². The highest BCUT2D eigenvalue weighted by molar-refractivity contribution is 5.88. The van der Waals surface area contributed by atoms with Gasteiger partial charge in [0.2, 0.25) is 11.8 Å². The number of carbonyl (C=O) groups excluding carboxylic acids is 2. The second-order valence-corrected chi connectivity index (χ2v) is 11.3. The van der Waals surface area contributed by atoms with Crippen molar-refractivity contribution < 1.29 is 45.1 Å². The van der Waals surface area contributed by atoms with Gasteiger partial charge in [-0.3, -0.25) is 9.59 Å². The average molecular weight is 605 g/mol. The van der Waals surface area contributed by atoms with Crippen LogP contribution in [0.15, 0.2) is 48.5 Å². The highest BCUT2D eigenvalue weighted by Gasteiger charge is 2.24. The minimum atomic E-state index is -1.26. The molecule has 0 fully saturated rings. The Morgan fingerprint density at radius 1 is 0.581 bits per heavy atom. The molecule has 2 aromatic rings. The first-order valence-corrected chi connectivity index (χ1v) is 14.2. The second-order valence-electron chi connectivity index (χ2n) is 11.3. The summed E-state index contributed by atoms with van der Waals surface area (Å²) in [6.45, 7) is 10.8. The van der Waals surface area contributed by atoms with Gasteiger partial charge in [-0.25, -0.2) is 9.59 Å². The Labute approximate surface area is 253 Å². The summed E-state index contributed by atoms with van der Waals surface area (Å²) in [6, 6.07) is 13.0. The molecule has 0 heterocycles. The van der Waals surface area contributed by atoms with E-state index in [-0.39, 0.29) is 5.48 Å². The van der Waals surface area contributed by atoms with Gasteiger partial charge < -0.3 is 36.5 Å². The Hall–Kier alpha value is -3.80. The summed E-state index contributed by atoms with van der Waals surface area (Å²) in [5.74, 6) is -3.11. The maximum Gasteiger partial charge on any atom is 0.328 e. The van der Waals surface area contributed by atoms with Crippen LogP contribution in [0.2, 0.25) is 0 Å². The summed E-state index contributed by atoms with van der Waals surface area (Å²) in [5, 5.41) is 40.1. The van der Waals surface area contributed by atoms with Crippen LogP contribution in [0.3, 0.4) is 0 Å². The van der Waals surface area contributed by atoms with Crippen molar-refractivity contribution >= 4 is 23.8 Å². The van der Waals surface area contributed by atoms with Gasteiger partial charge in [0.1, 0.15) is 12.1 Å². The fraction of sp³-hybridized carbons (Fsp3) is 0.500. The molecule has 0 aliphatic heterocycles. The zero-order valence-corrected chi connectivity index (χ0v) is 25.8. The van der Waals surface area contributed by atoms with E-state index < -0.39 is 60.9 Å². The van der Waals surface area contributed by atoms with Crippen LogP contribution in [0.5, 0.6) is 0 Å². The normalized spacial score (nSPS) is 13.4.